The van der Waals surface area contributed by atoms with Gasteiger partial charge in [0.2, 0.25) is 6.79 Å². The first-order valence-corrected chi connectivity index (χ1v) is 5.89. The van der Waals surface area contributed by atoms with Gasteiger partial charge in [-0.2, -0.15) is 0 Å². The second-order valence-electron chi connectivity index (χ2n) is 4.44. The zero-order valence-corrected chi connectivity index (χ0v) is 10.3. The zero-order chi connectivity index (χ0) is 12.8. The molecule has 2 aliphatic rings. The topological polar surface area (TPSA) is 57.3 Å². The first-order chi connectivity index (χ1) is 8.65. The highest BCUT2D eigenvalue weighted by molar-refractivity contribution is 5.83. The maximum Gasteiger partial charge on any atom is 0.341 e. The zero-order valence-electron chi connectivity index (χ0n) is 10.3. The van der Waals surface area contributed by atoms with Crippen molar-refractivity contribution in [1.29, 1.82) is 0 Å². The Bertz CT molecular complexity index is 498. The largest absolute Gasteiger partial charge is 0.464 e. The van der Waals surface area contributed by atoms with Gasteiger partial charge in [-0.25, -0.2) is 4.79 Å². The van der Waals surface area contributed by atoms with Crippen LogP contribution in [-0.2, 0) is 14.3 Å². The minimum Gasteiger partial charge on any atom is -0.464 e. The highest BCUT2D eigenvalue weighted by atomic mass is 16.7. The molecule has 96 valence electrons. The van der Waals surface area contributed by atoms with Crippen molar-refractivity contribution < 1.29 is 23.7 Å². The van der Waals surface area contributed by atoms with Gasteiger partial charge in [-0.3, -0.25) is 0 Å². The lowest BCUT2D eigenvalue weighted by atomic mass is 10.0. The van der Waals surface area contributed by atoms with Crippen molar-refractivity contribution in [1.82, 2.24) is 0 Å². The maximum atomic E-state index is 11.7. The summed E-state index contributed by atoms with van der Waals surface area (Å²) in [5.74, 6) is 1.08. The first kappa shape index (κ1) is 11.3. The molecule has 2 atom stereocenters. The summed E-state index contributed by atoms with van der Waals surface area (Å²) in [7, 11) is 0. The van der Waals surface area contributed by atoms with Crippen LogP contribution >= 0.6 is 0 Å². The molecule has 3 rings (SSSR count). The summed E-state index contributed by atoms with van der Waals surface area (Å²) in [5.41, 5.74) is 0.0266. The van der Waals surface area contributed by atoms with Gasteiger partial charge in [0, 0.05) is 0 Å². The van der Waals surface area contributed by atoms with Crippen LogP contribution in [0.5, 0.6) is 11.5 Å². The van der Waals surface area contributed by atoms with Crippen LogP contribution in [0.2, 0.25) is 0 Å². The van der Waals surface area contributed by atoms with Crippen molar-refractivity contribution in [3.05, 3.63) is 23.8 Å². The van der Waals surface area contributed by atoms with Gasteiger partial charge in [0.25, 0.3) is 0 Å². The molecule has 0 spiro atoms. The lowest BCUT2D eigenvalue weighted by Gasteiger charge is -2.06. The van der Waals surface area contributed by atoms with Gasteiger partial charge in [0.1, 0.15) is 6.10 Å². The van der Waals surface area contributed by atoms with Crippen molar-refractivity contribution in [2.45, 2.75) is 25.6 Å². The minimum absolute atomic E-state index is 0.236. The van der Waals surface area contributed by atoms with Gasteiger partial charge in [-0.05, 0) is 31.5 Å². The lowest BCUT2D eigenvalue weighted by molar-refractivity contribution is -0.148. The summed E-state index contributed by atoms with van der Waals surface area (Å²) in [6.45, 7) is 4.10. The summed E-state index contributed by atoms with van der Waals surface area (Å²) in [6.07, 6.45) is -0.272. The third-order valence-corrected chi connectivity index (χ3v) is 3.19. The van der Waals surface area contributed by atoms with E-state index in [-0.39, 0.29) is 18.9 Å². The van der Waals surface area contributed by atoms with E-state index in [1.54, 1.807) is 13.8 Å². The standard InChI is InChI=1S/C13H14O5/c1-3-15-12(14)13(2)11(18-13)8-4-5-9-10(6-8)17-7-16-9/h4-6,11H,3,7H2,1-2H3/t11-,13-/m1/s1. The number of benzene rings is 1. The highest BCUT2D eigenvalue weighted by Gasteiger charge is 2.60. The molecule has 1 fully saturated rings. The van der Waals surface area contributed by atoms with Crippen molar-refractivity contribution in [2.75, 3.05) is 13.4 Å². The van der Waals surface area contributed by atoms with Crippen molar-refractivity contribution in [3.63, 3.8) is 0 Å². The van der Waals surface area contributed by atoms with E-state index in [4.69, 9.17) is 18.9 Å². The summed E-state index contributed by atoms with van der Waals surface area (Å²) in [5, 5.41) is 0. The molecule has 5 heteroatoms. The fourth-order valence-corrected chi connectivity index (χ4v) is 2.10. The fraction of sp³-hybridized carbons (Fsp3) is 0.462. The number of hydrogen-bond acceptors (Lipinski definition) is 5. The molecule has 0 unspecified atom stereocenters. The van der Waals surface area contributed by atoms with Gasteiger partial charge < -0.3 is 18.9 Å². The number of epoxide rings is 1. The number of esters is 1. The van der Waals surface area contributed by atoms with Gasteiger partial charge in [-0.15, -0.1) is 0 Å². The van der Waals surface area contributed by atoms with Crippen LogP contribution in [-0.4, -0.2) is 25.0 Å². The number of carbonyl (C=O) groups excluding carboxylic acids is 1. The average molecular weight is 250 g/mol. The molecule has 0 aliphatic carbocycles. The van der Waals surface area contributed by atoms with E-state index in [9.17, 15) is 4.79 Å². The average Bonchev–Trinajstić information content (AvgIpc) is 2.86. The lowest BCUT2D eigenvalue weighted by Crippen LogP contribution is -2.24. The van der Waals surface area contributed by atoms with E-state index < -0.39 is 5.60 Å². The van der Waals surface area contributed by atoms with E-state index in [0.717, 1.165) is 11.3 Å². The van der Waals surface area contributed by atoms with Crippen LogP contribution < -0.4 is 9.47 Å². The quantitative estimate of drug-likeness (QED) is 0.605. The summed E-state index contributed by atoms with van der Waals surface area (Å²) < 4.78 is 21.0. The number of fused-ring (bicyclic) bond motifs is 1. The SMILES string of the molecule is CCOC(=O)[C@]1(C)O[C@@H]1c1ccc2c(c1)OCO2. The van der Waals surface area contributed by atoms with Crippen molar-refractivity contribution in [2.24, 2.45) is 0 Å². The van der Waals surface area contributed by atoms with Crippen LogP contribution in [0.15, 0.2) is 18.2 Å². The van der Waals surface area contributed by atoms with Crippen LogP contribution in [0.1, 0.15) is 25.5 Å². The summed E-state index contributed by atoms with van der Waals surface area (Å²) in [6, 6.07) is 5.55. The van der Waals surface area contributed by atoms with E-state index in [0.29, 0.717) is 12.4 Å². The Morgan fingerprint density at radius 2 is 2.22 bits per heavy atom. The number of rotatable bonds is 3. The highest BCUT2D eigenvalue weighted by Crippen LogP contribution is 2.51. The third kappa shape index (κ3) is 1.62. The van der Waals surface area contributed by atoms with Gasteiger partial charge >= 0.3 is 5.97 Å². The molecule has 1 saturated heterocycles. The monoisotopic (exact) mass is 250 g/mol. The normalized spacial score (nSPS) is 28.0. The minimum atomic E-state index is -0.871. The molecule has 5 nitrogen and oxygen atoms in total. The van der Waals surface area contributed by atoms with Crippen LogP contribution in [0, 0.1) is 0 Å². The molecule has 0 saturated carbocycles. The molecule has 18 heavy (non-hydrogen) atoms. The second-order valence-corrected chi connectivity index (χ2v) is 4.44. The van der Waals surface area contributed by atoms with Crippen molar-refractivity contribution in [3.8, 4) is 11.5 Å². The molecule has 1 aromatic rings. The Balaban J connectivity index is 1.80. The number of hydrogen-bond donors (Lipinski definition) is 0. The van der Waals surface area contributed by atoms with Crippen LogP contribution in [0.25, 0.3) is 0 Å². The Kier molecular flexibility index (Phi) is 2.45. The Labute approximate surface area is 105 Å². The fourth-order valence-electron chi connectivity index (χ4n) is 2.10. The molecule has 0 aromatic heterocycles. The molecule has 0 radical (unpaired) electrons. The van der Waals surface area contributed by atoms with Crippen molar-refractivity contribution >= 4 is 5.97 Å². The predicted octanol–water partition coefficient (Wildman–Crippen LogP) is 1.81. The molecular formula is C13H14O5. The molecule has 1 aromatic carbocycles. The van der Waals surface area contributed by atoms with E-state index in [1.165, 1.54) is 0 Å². The molecule has 0 amide bonds. The van der Waals surface area contributed by atoms with E-state index >= 15 is 0 Å². The Morgan fingerprint density at radius 3 is 3.00 bits per heavy atom. The summed E-state index contributed by atoms with van der Waals surface area (Å²) >= 11 is 0. The molecule has 2 aliphatic heterocycles. The Hall–Kier alpha value is -1.75. The first-order valence-electron chi connectivity index (χ1n) is 5.89. The van der Waals surface area contributed by atoms with Gasteiger partial charge in [-0.1, -0.05) is 6.07 Å². The Morgan fingerprint density at radius 1 is 1.44 bits per heavy atom. The van der Waals surface area contributed by atoms with Crippen LogP contribution in [0.4, 0.5) is 0 Å². The number of ether oxygens (including phenoxy) is 4. The number of carbonyl (C=O) groups is 1. The van der Waals surface area contributed by atoms with Crippen LogP contribution in [0.3, 0.4) is 0 Å². The predicted molar refractivity (Wildman–Crippen MR) is 61.4 cm³/mol. The van der Waals surface area contributed by atoms with Gasteiger partial charge in [0.15, 0.2) is 17.1 Å². The molecule has 0 N–H and O–H groups in total. The third-order valence-electron chi connectivity index (χ3n) is 3.19. The van der Waals surface area contributed by atoms with Gasteiger partial charge in [0.05, 0.1) is 6.61 Å². The van der Waals surface area contributed by atoms with E-state index in [1.807, 2.05) is 18.2 Å². The second kappa shape index (κ2) is 3.88. The molecule has 2 heterocycles. The maximum absolute atomic E-state index is 11.7. The van der Waals surface area contributed by atoms with E-state index in [2.05, 4.69) is 0 Å². The molecular weight excluding hydrogens is 236 g/mol. The smallest absolute Gasteiger partial charge is 0.341 e. The molecule has 0 bridgehead atoms. The summed E-state index contributed by atoms with van der Waals surface area (Å²) in [4.78, 5) is 11.7.